The summed E-state index contributed by atoms with van der Waals surface area (Å²) in [4.78, 5) is 15.8. The largest absolute Gasteiger partial charge is 0.412 e. The van der Waals surface area contributed by atoms with Crippen LogP contribution in [-0.2, 0) is 0 Å². The first-order valence-electron chi connectivity index (χ1n) is 0.667. The zero-order valence-corrected chi connectivity index (χ0v) is 2.95. The Morgan fingerprint density at radius 1 is 1.00 bits per heavy atom. The molecule has 0 unspecified atom stereocenters. The summed E-state index contributed by atoms with van der Waals surface area (Å²) in [5, 5.41) is 15.8. The predicted octanol–water partition coefficient (Wildman–Crippen LogP) is -3.07. The van der Waals surface area contributed by atoms with E-state index in [9.17, 15) is 0 Å². The highest BCUT2D eigenvalue weighted by molar-refractivity contribution is 4.21. The second-order valence-electron chi connectivity index (χ2n) is 0.136. The molecule has 0 amide bonds. The molecule has 7 nitrogen and oxygen atoms in total. The minimum Gasteiger partial charge on any atom is -0.412 e. The molecule has 0 atom stereocenters. The summed E-state index contributed by atoms with van der Waals surface area (Å²) in [6.45, 7) is 0. The first-order chi connectivity index (χ1) is 2.83. The Labute approximate surface area is 36.8 Å². The van der Waals surface area contributed by atoms with E-state index >= 15 is 0 Å². The minimum atomic E-state index is 0. The molecule has 7 heavy (non-hydrogen) atoms. The van der Waals surface area contributed by atoms with Gasteiger partial charge < -0.3 is 5.48 Å². The van der Waals surface area contributed by atoms with Gasteiger partial charge in [0, 0.05) is 0 Å². The molecule has 0 rings (SSSR count). The fourth-order valence-electron chi connectivity index (χ4n) is 0. The average molecular weight is 114 g/mol. The lowest BCUT2D eigenvalue weighted by Gasteiger charge is -1.19. The van der Waals surface area contributed by atoms with Crippen LogP contribution in [0.3, 0.4) is 0 Å². The fraction of sp³-hybridized carbons (Fsp3) is 0. The van der Waals surface area contributed by atoms with E-state index in [0.717, 1.165) is 0 Å². The number of rotatable bonds is 0. The average Bonchev–Trinajstić information content (AvgIpc) is 1.39. The van der Waals surface area contributed by atoms with Crippen molar-refractivity contribution in [2.45, 2.75) is 0 Å². The van der Waals surface area contributed by atoms with Crippen LogP contribution in [0.4, 0.5) is 0 Å². The van der Waals surface area contributed by atoms with Crippen molar-refractivity contribution in [3.63, 3.8) is 0 Å². The van der Waals surface area contributed by atoms with Gasteiger partial charge in [-0.1, -0.05) is 20.4 Å². The van der Waals surface area contributed by atoms with Crippen molar-refractivity contribution >= 4 is 0 Å². The Kier molecular flexibility index (Phi) is 285. The summed E-state index contributed by atoms with van der Waals surface area (Å²) in [5.74, 6) is 0. The van der Waals surface area contributed by atoms with Gasteiger partial charge >= 0.3 is 0 Å². The van der Waals surface area contributed by atoms with Crippen LogP contribution < -0.4 is 10.5 Å². The normalized spacial score (nSPS) is 3.43. The lowest BCUT2D eigenvalue weighted by atomic mass is 14.8. The molecule has 0 aliphatic rings. The Bertz CT molecular complexity index is 21.0. The summed E-state index contributed by atoms with van der Waals surface area (Å²) in [5.41, 5.74) is 0. The number of hydrogen-bond donors (Lipinski definition) is 0. The van der Waals surface area contributed by atoms with Crippen LogP contribution in [0.25, 0.3) is 0 Å². The lowest BCUT2D eigenvalue weighted by molar-refractivity contribution is -0.285. The van der Waals surface area contributed by atoms with Gasteiger partial charge in [-0.25, -0.2) is 0 Å². The van der Waals surface area contributed by atoms with Crippen LogP contribution >= 0.6 is 0 Å². The molecule has 0 aliphatic carbocycles. The lowest BCUT2D eigenvalue weighted by Crippen LogP contribution is -1.82. The van der Waals surface area contributed by atoms with Crippen LogP contribution in [0.15, 0.2) is 0 Å². The highest BCUT2D eigenvalue weighted by Crippen LogP contribution is 1.01. The molecule has 0 saturated heterocycles. The maximum atomic E-state index is 7.88. The van der Waals surface area contributed by atoms with Gasteiger partial charge in [0.05, 0.1) is 0 Å². The van der Waals surface area contributed by atoms with E-state index in [4.69, 9.17) is 20.4 Å². The van der Waals surface area contributed by atoms with Crippen LogP contribution in [0.1, 0.15) is 0 Å². The van der Waals surface area contributed by atoms with Crippen molar-refractivity contribution in [3.8, 4) is 0 Å². The molecule has 0 aromatic carbocycles. The molecule has 0 bridgehead atoms. The van der Waals surface area contributed by atoms with E-state index in [-0.39, 0.29) is 5.48 Å². The topological polar surface area (TPSA) is 134 Å². The van der Waals surface area contributed by atoms with Crippen molar-refractivity contribution in [1.82, 2.24) is 0 Å². The molecule has 44 valence electrons. The molecule has 0 aliphatic heterocycles. The summed E-state index contributed by atoms with van der Waals surface area (Å²) in [6, 6.07) is 0. The first-order valence-corrected chi connectivity index (χ1v) is 0.667. The monoisotopic (exact) mass is 114 g/mol. The molecule has 0 radical (unpaired) electrons. The molecule has 0 aromatic rings. The van der Waals surface area contributed by atoms with Crippen LogP contribution in [0.2, 0.25) is 0 Å². The van der Waals surface area contributed by atoms with E-state index in [2.05, 4.69) is 0 Å². The molecule has 0 saturated carbocycles. The van der Waals surface area contributed by atoms with Crippen molar-refractivity contribution in [3.05, 3.63) is 19.4 Å². The third kappa shape index (κ3) is 23.6. The third-order valence-corrected chi connectivity index (χ3v) is 0. The second-order valence-corrected chi connectivity index (χ2v) is 0.136. The highest BCUT2D eigenvalue weighted by Gasteiger charge is 1.27. The SMILES string of the molecule is O.O=[O+][O-].O=[O+][O-]. The van der Waals surface area contributed by atoms with E-state index < -0.39 is 0 Å². The molecule has 0 heterocycles. The van der Waals surface area contributed by atoms with Crippen molar-refractivity contribution < 1.29 is 16.0 Å². The molecule has 2 N–H and O–H groups in total. The fourth-order valence-corrected chi connectivity index (χ4v) is 0. The predicted molar refractivity (Wildman–Crippen MR) is 17.1 cm³/mol. The number of hydrogen-bond acceptors (Lipinski definition) is 4. The summed E-state index contributed by atoms with van der Waals surface area (Å²) in [7, 11) is 0. The molecule has 0 fully saturated rings. The molecular weight excluding hydrogens is 112 g/mol. The van der Waals surface area contributed by atoms with Crippen LogP contribution in [0.5, 0.6) is 0 Å². The standard InChI is InChI=1S/2O3.H2O/c2*1-3-2;/h;;1H2. The van der Waals surface area contributed by atoms with Crippen LogP contribution in [-0.4, -0.2) is 5.48 Å². The quantitative estimate of drug-likeness (QED) is 0.187. The van der Waals surface area contributed by atoms with Crippen molar-refractivity contribution in [1.29, 1.82) is 0 Å². The van der Waals surface area contributed by atoms with Gasteiger partial charge in [0.25, 0.3) is 0 Å². The van der Waals surface area contributed by atoms with E-state index in [1.165, 1.54) is 0 Å². The van der Waals surface area contributed by atoms with Gasteiger partial charge in [-0.3, -0.25) is 0 Å². The third-order valence-electron chi connectivity index (χ3n) is 0. The molecule has 7 heteroatoms. The molecular formula is H2O7. The Hall–Kier alpha value is -1.24. The van der Waals surface area contributed by atoms with Gasteiger partial charge in [-0.2, -0.15) is 0 Å². The molecule has 0 spiro atoms. The zero-order chi connectivity index (χ0) is 5.41. The summed E-state index contributed by atoms with van der Waals surface area (Å²) >= 11 is 0. The zero-order valence-electron chi connectivity index (χ0n) is 2.95. The smallest absolute Gasteiger partial charge is 0.154 e. The maximum absolute atomic E-state index is 7.88. The van der Waals surface area contributed by atoms with Crippen molar-refractivity contribution in [2.24, 2.45) is 0 Å². The maximum Gasteiger partial charge on any atom is 0.154 e. The van der Waals surface area contributed by atoms with E-state index in [0.29, 0.717) is 0 Å². The van der Waals surface area contributed by atoms with Gasteiger partial charge in [0.15, 0.2) is 9.49 Å². The van der Waals surface area contributed by atoms with Gasteiger partial charge in [0.1, 0.15) is 0 Å². The summed E-state index contributed by atoms with van der Waals surface area (Å²) < 4.78 is 3.50. The Morgan fingerprint density at radius 2 is 1.00 bits per heavy atom. The highest BCUT2D eigenvalue weighted by atomic mass is 17.2. The minimum absolute atomic E-state index is 0. The molecule has 0 aromatic heterocycles. The summed E-state index contributed by atoms with van der Waals surface area (Å²) in [6.07, 6.45) is 0. The Morgan fingerprint density at radius 3 is 1.00 bits per heavy atom. The first kappa shape index (κ1) is 17.1. The van der Waals surface area contributed by atoms with Gasteiger partial charge in [0.2, 0.25) is 0 Å². The van der Waals surface area contributed by atoms with Crippen molar-refractivity contribution in [2.75, 3.05) is 0 Å². The second kappa shape index (κ2) is 117. The van der Waals surface area contributed by atoms with E-state index in [1.54, 1.807) is 9.49 Å². The van der Waals surface area contributed by atoms with Gasteiger partial charge in [-0.05, 0) is 0 Å². The van der Waals surface area contributed by atoms with Gasteiger partial charge in [-0.15, -0.1) is 0 Å². The van der Waals surface area contributed by atoms with Crippen LogP contribution in [0, 0.1) is 19.4 Å². The Balaban J connectivity index is -0.0000000400. The van der Waals surface area contributed by atoms with E-state index in [1.807, 2.05) is 0 Å².